The summed E-state index contributed by atoms with van der Waals surface area (Å²) >= 11 is 15.4. The zero-order valence-electron chi connectivity index (χ0n) is 4.94. The fraction of sp³-hybridized carbons (Fsp3) is 0. The van der Waals surface area contributed by atoms with Crippen molar-refractivity contribution < 1.29 is 0 Å². The number of nitrogens with two attached hydrogens (primary N) is 1. The topological polar surface area (TPSA) is 26.0 Å². The molecule has 0 heterocycles. The van der Waals surface area contributed by atoms with Gasteiger partial charge in [-0.25, -0.2) is 0 Å². The number of benzene rings is 1. The highest BCUT2D eigenvalue weighted by Gasteiger charge is 2.01. The molecule has 0 saturated heterocycles. The van der Waals surface area contributed by atoms with Gasteiger partial charge in [-0.15, -0.1) is 12.6 Å². The molecule has 1 aromatic rings. The number of nitrogen functional groups attached to an aromatic ring is 1. The minimum atomic E-state index is 0.404. The van der Waals surface area contributed by atoms with Gasteiger partial charge in [0.1, 0.15) is 0 Å². The van der Waals surface area contributed by atoms with E-state index >= 15 is 0 Å². The van der Waals surface area contributed by atoms with Crippen LogP contribution < -0.4 is 5.73 Å². The Morgan fingerprint density at radius 2 is 1.60 bits per heavy atom. The highest BCUT2D eigenvalue weighted by molar-refractivity contribution is 7.80. The van der Waals surface area contributed by atoms with Gasteiger partial charge in [-0.05, 0) is 12.1 Å². The molecule has 0 radical (unpaired) electrons. The summed E-state index contributed by atoms with van der Waals surface area (Å²) in [4.78, 5) is 0.712. The molecule has 0 fully saturated rings. The Balaban J connectivity index is 3.31. The third-order valence-corrected chi connectivity index (χ3v) is 1.95. The monoisotopic (exact) mass is 193 g/mol. The molecule has 0 aliphatic heterocycles. The molecule has 0 aromatic heterocycles. The van der Waals surface area contributed by atoms with Gasteiger partial charge in [0.2, 0.25) is 0 Å². The summed E-state index contributed by atoms with van der Waals surface area (Å²) in [6.07, 6.45) is 0. The Bertz CT molecular complexity index is 239. The second kappa shape index (κ2) is 2.91. The van der Waals surface area contributed by atoms with Crippen molar-refractivity contribution in [2.24, 2.45) is 0 Å². The van der Waals surface area contributed by atoms with Crippen LogP contribution in [-0.4, -0.2) is 0 Å². The second-order valence-corrected chi connectivity index (χ2v) is 3.15. The minimum absolute atomic E-state index is 0.404. The van der Waals surface area contributed by atoms with Crippen LogP contribution in [0, 0.1) is 0 Å². The number of anilines is 1. The van der Waals surface area contributed by atoms with Crippen molar-refractivity contribution >= 4 is 41.5 Å². The molecule has 1 rings (SSSR count). The number of halogens is 2. The van der Waals surface area contributed by atoms with E-state index in [2.05, 4.69) is 12.6 Å². The van der Waals surface area contributed by atoms with E-state index in [0.29, 0.717) is 20.6 Å². The highest BCUT2D eigenvalue weighted by Crippen LogP contribution is 2.29. The van der Waals surface area contributed by atoms with Crippen molar-refractivity contribution in [3.05, 3.63) is 22.2 Å². The van der Waals surface area contributed by atoms with Gasteiger partial charge in [-0.2, -0.15) is 0 Å². The molecule has 0 amide bonds. The first-order valence-electron chi connectivity index (χ1n) is 2.54. The van der Waals surface area contributed by atoms with Gasteiger partial charge in [-0.3, -0.25) is 0 Å². The molecular weight excluding hydrogens is 189 g/mol. The third kappa shape index (κ3) is 1.51. The van der Waals surface area contributed by atoms with E-state index < -0.39 is 0 Å². The van der Waals surface area contributed by atoms with Crippen molar-refractivity contribution in [1.29, 1.82) is 0 Å². The molecule has 1 nitrogen and oxygen atoms in total. The van der Waals surface area contributed by atoms with Gasteiger partial charge in [0.15, 0.2) is 0 Å². The van der Waals surface area contributed by atoms with E-state index in [0.717, 1.165) is 0 Å². The molecular formula is C6H5Cl2NS. The van der Waals surface area contributed by atoms with E-state index in [1.54, 1.807) is 12.1 Å². The van der Waals surface area contributed by atoms with Gasteiger partial charge in [0.05, 0.1) is 15.7 Å². The van der Waals surface area contributed by atoms with Crippen LogP contribution in [0.2, 0.25) is 10.0 Å². The number of hydrogen-bond donors (Lipinski definition) is 2. The SMILES string of the molecule is Nc1c(Cl)cc(S)cc1Cl. The van der Waals surface area contributed by atoms with Gasteiger partial charge in [-0.1, -0.05) is 23.2 Å². The maximum atomic E-state index is 5.66. The number of rotatable bonds is 0. The van der Waals surface area contributed by atoms with Crippen LogP contribution in [0.5, 0.6) is 0 Å². The Kier molecular flexibility index (Phi) is 2.34. The number of thiol groups is 1. The van der Waals surface area contributed by atoms with E-state index in [9.17, 15) is 0 Å². The standard InChI is InChI=1S/C6H5Cl2NS/c7-4-1-3(10)2-5(8)6(4)9/h1-2,10H,9H2. The van der Waals surface area contributed by atoms with Gasteiger partial charge in [0, 0.05) is 4.90 Å². The van der Waals surface area contributed by atoms with Crippen molar-refractivity contribution in [1.82, 2.24) is 0 Å². The molecule has 10 heavy (non-hydrogen) atoms. The molecule has 0 unspecified atom stereocenters. The molecule has 0 atom stereocenters. The molecule has 0 aliphatic rings. The first-order chi connectivity index (χ1) is 4.61. The van der Waals surface area contributed by atoms with Gasteiger partial charge >= 0.3 is 0 Å². The van der Waals surface area contributed by atoms with Crippen LogP contribution in [0.25, 0.3) is 0 Å². The summed E-state index contributed by atoms with van der Waals surface area (Å²) in [7, 11) is 0. The van der Waals surface area contributed by atoms with Crippen molar-refractivity contribution in [3.63, 3.8) is 0 Å². The molecule has 54 valence electrons. The van der Waals surface area contributed by atoms with Crippen LogP contribution in [0.1, 0.15) is 0 Å². The molecule has 4 heteroatoms. The summed E-state index contributed by atoms with van der Waals surface area (Å²) in [6, 6.07) is 3.29. The van der Waals surface area contributed by atoms with Crippen molar-refractivity contribution in [2.75, 3.05) is 5.73 Å². The first-order valence-corrected chi connectivity index (χ1v) is 3.75. The lowest BCUT2D eigenvalue weighted by Gasteiger charge is -2.00. The average molecular weight is 194 g/mol. The Morgan fingerprint density at radius 1 is 1.20 bits per heavy atom. The zero-order chi connectivity index (χ0) is 7.72. The van der Waals surface area contributed by atoms with Gasteiger partial charge in [0.25, 0.3) is 0 Å². The molecule has 0 spiro atoms. The molecule has 2 N–H and O–H groups in total. The third-order valence-electron chi connectivity index (χ3n) is 1.06. The lowest BCUT2D eigenvalue weighted by atomic mass is 10.3. The normalized spacial score (nSPS) is 9.90. The quantitative estimate of drug-likeness (QED) is 0.482. The summed E-state index contributed by atoms with van der Waals surface area (Å²) in [5.74, 6) is 0. The first kappa shape index (κ1) is 8.05. The smallest absolute Gasteiger partial charge is 0.0693 e. The van der Waals surface area contributed by atoms with Crippen LogP contribution in [0.15, 0.2) is 17.0 Å². The van der Waals surface area contributed by atoms with Gasteiger partial charge < -0.3 is 5.73 Å². The van der Waals surface area contributed by atoms with E-state index in [4.69, 9.17) is 28.9 Å². The largest absolute Gasteiger partial charge is 0.396 e. The maximum absolute atomic E-state index is 5.66. The van der Waals surface area contributed by atoms with Crippen molar-refractivity contribution in [2.45, 2.75) is 4.90 Å². The van der Waals surface area contributed by atoms with E-state index in [1.165, 1.54) is 0 Å². The minimum Gasteiger partial charge on any atom is -0.396 e. The number of hydrogen-bond acceptors (Lipinski definition) is 2. The Labute approximate surface area is 74.5 Å². The summed E-state index contributed by atoms with van der Waals surface area (Å²) < 4.78 is 0. The fourth-order valence-electron chi connectivity index (χ4n) is 0.571. The maximum Gasteiger partial charge on any atom is 0.0693 e. The van der Waals surface area contributed by atoms with Crippen LogP contribution in [0.3, 0.4) is 0 Å². The van der Waals surface area contributed by atoms with E-state index in [1.807, 2.05) is 0 Å². The Morgan fingerprint density at radius 3 is 2.00 bits per heavy atom. The predicted octanol–water partition coefficient (Wildman–Crippen LogP) is 2.86. The average Bonchev–Trinajstić information content (AvgIpc) is 1.82. The highest BCUT2D eigenvalue weighted by atomic mass is 35.5. The summed E-state index contributed by atoms with van der Waals surface area (Å²) in [5, 5.41) is 0.884. The zero-order valence-corrected chi connectivity index (χ0v) is 7.34. The molecule has 0 bridgehead atoms. The lowest BCUT2D eigenvalue weighted by molar-refractivity contribution is 1.48. The summed E-state index contributed by atoms with van der Waals surface area (Å²) in [6.45, 7) is 0. The molecule has 0 saturated carbocycles. The van der Waals surface area contributed by atoms with E-state index in [-0.39, 0.29) is 0 Å². The van der Waals surface area contributed by atoms with Crippen LogP contribution in [0.4, 0.5) is 5.69 Å². The summed E-state index contributed by atoms with van der Waals surface area (Å²) in [5.41, 5.74) is 5.86. The molecule has 1 aromatic carbocycles. The second-order valence-electron chi connectivity index (χ2n) is 1.82. The Hall–Kier alpha value is -0.0500. The van der Waals surface area contributed by atoms with Crippen molar-refractivity contribution in [3.8, 4) is 0 Å². The van der Waals surface area contributed by atoms with Crippen LogP contribution in [-0.2, 0) is 0 Å². The predicted molar refractivity (Wildman–Crippen MR) is 48.1 cm³/mol. The lowest BCUT2D eigenvalue weighted by Crippen LogP contribution is -1.87. The fourth-order valence-corrected chi connectivity index (χ4v) is 1.47. The van der Waals surface area contributed by atoms with Crippen LogP contribution >= 0.6 is 35.8 Å². The molecule has 0 aliphatic carbocycles.